The standard InChI is InChI=1S/C11H14ClN5O5S/c12-9-6-10(15-3-14-9)17(4-16-6)11-8(19)7(18)5(22-11)1-2-23(13,20)21/h3-5,7-8,11,18-19H,1-2H2,(H2,13,20,21)/t5-,7-,8-,11?/m1/s1. The summed E-state index contributed by atoms with van der Waals surface area (Å²) in [4.78, 5) is 11.9. The molecule has 0 amide bonds. The van der Waals surface area contributed by atoms with E-state index in [9.17, 15) is 18.6 Å². The number of fused-ring (bicyclic) bond motifs is 1. The summed E-state index contributed by atoms with van der Waals surface area (Å²) in [6, 6.07) is 0. The molecule has 1 fully saturated rings. The summed E-state index contributed by atoms with van der Waals surface area (Å²) < 4.78 is 29.0. The van der Waals surface area contributed by atoms with Gasteiger partial charge in [-0.3, -0.25) is 4.57 Å². The number of aliphatic hydroxyl groups excluding tert-OH is 2. The van der Waals surface area contributed by atoms with Crippen molar-refractivity contribution in [1.82, 2.24) is 19.5 Å². The lowest BCUT2D eigenvalue weighted by atomic mass is 10.1. The lowest BCUT2D eigenvalue weighted by Crippen LogP contribution is -2.33. The van der Waals surface area contributed by atoms with Crippen molar-refractivity contribution in [2.45, 2.75) is 31.0 Å². The maximum Gasteiger partial charge on any atom is 0.209 e. The monoisotopic (exact) mass is 363 g/mol. The third-order valence-electron chi connectivity index (χ3n) is 3.61. The number of nitrogens with zero attached hydrogens (tertiary/aromatic N) is 4. The Morgan fingerprint density at radius 3 is 2.74 bits per heavy atom. The van der Waals surface area contributed by atoms with Gasteiger partial charge in [0.25, 0.3) is 0 Å². The van der Waals surface area contributed by atoms with E-state index in [4.69, 9.17) is 21.5 Å². The second-order valence-corrected chi connectivity index (χ2v) is 7.28. The number of halogens is 1. The summed E-state index contributed by atoms with van der Waals surface area (Å²) in [6.07, 6.45) is -1.87. The van der Waals surface area contributed by atoms with E-state index in [2.05, 4.69) is 15.0 Å². The highest BCUT2D eigenvalue weighted by molar-refractivity contribution is 7.89. The van der Waals surface area contributed by atoms with Gasteiger partial charge >= 0.3 is 0 Å². The fourth-order valence-corrected chi connectivity index (χ4v) is 3.23. The van der Waals surface area contributed by atoms with Crippen LogP contribution in [0.2, 0.25) is 5.15 Å². The van der Waals surface area contributed by atoms with Gasteiger partial charge in [-0.05, 0) is 6.42 Å². The van der Waals surface area contributed by atoms with E-state index in [-0.39, 0.29) is 17.3 Å². The van der Waals surface area contributed by atoms with Crippen LogP contribution in [0.5, 0.6) is 0 Å². The molecule has 3 heterocycles. The summed E-state index contributed by atoms with van der Waals surface area (Å²) in [5.74, 6) is -0.368. The maximum absolute atomic E-state index is 11.0. The SMILES string of the molecule is NS(=O)(=O)CC[C@H]1OC(n2cnc3c(Cl)ncnc32)[C@H](O)[C@@H]1O. The molecule has 1 saturated heterocycles. The number of imidazole rings is 1. The van der Waals surface area contributed by atoms with Gasteiger partial charge in [0.2, 0.25) is 10.0 Å². The Balaban J connectivity index is 1.86. The molecule has 1 unspecified atom stereocenters. The molecule has 0 spiro atoms. The number of nitrogens with two attached hydrogens (primary N) is 1. The predicted octanol–water partition coefficient (Wildman–Crippen LogP) is -1.22. The van der Waals surface area contributed by atoms with Crippen molar-refractivity contribution in [2.24, 2.45) is 5.14 Å². The largest absolute Gasteiger partial charge is 0.388 e. The van der Waals surface area contributed by atoms with Gasteiger partial charge in [0.15, 0.2) is 17.0 Å². The molecule has 0 bridgehead atoms. The van der Waals surface area contributed by atoms with Crippen LogP contribution in [-0.2, 0) is 14.8 Å². The molecule has 2 aromatic rings. The van der Waals surface area contributed by atoms with Crippen molar-refractivity contribution in [3.63, 3.8) is 0 Å². The van der Waals surface area contributed by atoms with Crippen LogP contribution in [0, 0.1) is 0 Å². The Bertz CT molecular complexity index is 827. The zero-order chi connectivity index (χ0) is 16.8. The van der Waals surface area contributed by atoms with Crippen LogP contribution in [0.3, 0.4) is 0 Å². The number of aliphatic hydroxyl groups is 2. The first-order valence-electron chi connectivity index (χ1n) is 6.63. The molecule has 12 heteroatoms. The fraction of sp³-hybridized carbons (Fsp3) is 0.545. The van der Waals surface area contributed by atoms with Crippen molar-refractivity contribution in [3.05, 3.63) is 17.8 Å². The number of primary sulfonamides is 1. The van der Waals surface area contributed by atoms with Crippen molar-refractivity contribution in [3.8, 4) is 0 Å². The minimum absolute atomic E-state index is 0.0457. The van der Waals surface area contributed by atoms with Gasteiger partial charge in [0.05, 0.1) is 18.2 Å². The third kappa shape index (κ3) is 3.16. The van der Waals surface area contributed by atoms with Crippen LogP contribution in [0.1, 0.15) is 12.6 Å². The second kappa shape index (κ2) is 5.92. The molecular formula is C11H14ClN5O5S. The quantitative estimate of drug-likeness (QED) is 0.571. The lowest BCUT2D eigenvalue weighted by molar-refractivity contribution is -0.0353. The average Bonchev–Trinajstić information content (AvgIpc) is 3.01. The summed E-state index contributed by atoms with van der Waals surface area (Å²) >= 11 is 5.91. The molecule has 126 valence electrons. The Morgan fingerprint density at radius 2 is 2.04 bits per heavy atom. The van der Waals surface area contributed by atoms with Gasteiger partial charge in [-0.15, -0.1) is 0 Å². The molecular weight excluding hydrogens is 350 g/mol. The van der Waals surface area contributed by atoms with E-state index in [1.54, 1.807) is 0 Å². The van der Waals surface area contributed by atoms with Gasteiger partial charge < -0.3 is 14.9 Å². The Hall–Kier alpha value is -1.37. The molecule has 0 saturated carbocycles. The number of aromatic nitrogens is 4. The smallest absolute Gasteiger partial charge is 0.209 e. The molecule has 23 heavy (non-hydrogen) atoms. The van der Waals surface area contributed by atoms with Crippen molar-refractivity contribution in [1.29, 1.82) is 0 Å². The van der Waals surface area contributed by atoms with Crippen LogP contribution in [0.25, 0.3) is 11.2 Å². The average molecular weight is 364 g/mol. The molecule has 3 rings (SSSR count). The molecule has 0 aromatic carbocycles. The van der Waals surface area contributed by atoms with Crippen LogP contribution in [0.15, 0.2) is 12.7 Å². The van der Waals surface area contributed by atoms with E-state index >= 15 is 0 Å². The third-order valence-corrected chi connectivity index (χ3v) is 4.69. The second-order valence-electron chi connectivity index (χ2n) is 5.19. The highest BCUT2D eigenvalue weighted by atomic mass is 35.5. The first kappa shape index (κ1) is 16.5. The van der Waals surface area contributed by atoms with Gasteiger partial charge in [-0.2, -0.15) is 0 Å². The van der Waals surface area contributed by atoms with E-state index in [1.165, 1.54) is 17.2 Å². The topological polar surface area (TPSA) is 153 Å². The van der Waals surface area contributed by atoms with E-state index < -0.39 is 34.6 Å². The van der Waals surface area contributed by atoms with Gasteiger partial charge in [-0.25, -0.2) is 28.5 Å². The number of sulfonamides is 1. The van der Waals surface area contributed by atoms with Crippen molar-refractivity contribution in [2.75, 3.05) is 5.75 Å². The summed E-state index contributed by atoms with van der Waals surface area (Å²) in [6.45, 7) is 0. The highest BCUT2D eigenvalue weighted by Crippen LogP contribution is 2.33. The number of hydrogen-bond acceptors (Lipinski definition) is 8. The van der Waals surface area contributed by atoms with Crippen LogP contribution in [-0.4, -0.2) is 62.2 Å². The number of rotatable bonds is 4. The van der Waals surface area contributed by atoms with Gasteiger partial charge in [-0.1, -0.05) is 11.6 Å². The molecule has 4 N–H and O–H groups in total. The summed E-state index contributed by atoms with van der Waals surface area (Å²) in [5, 5.41) is 25.3. The van der Waals surface area contributed by atoms with E-state index in [0.717, 1.165) is 0 Å². The zero-order valence-electron chi connectivity index (χ0n) is 11.6. The Kier molecular flexibility index (Phi) is 4.25. The first-order chi connectivity index (χ1) is 10.8. The molecule has 10 nitrogen and oxygen atoms in total. The van der Waals surface area contributed by atoms with Crippen LogP contribution < -0.4 is 5.14 Å². The molecule has 4 atom stereocenters. The molecule has 0 aliphatic carbocycles. The minimum Gasteiger partial charge on any atom is -0.388 e. The molecule has 1 aliphatic heterocycles. The summed E-state index contributed by atoms with van der Waals surface area (Å²) in [7, 11) is -3.69. The van der Waals surface area contributed by atoms with Crippen LogP contribution in [0.4, 0.5) is 0 Å². The van der Waals surface area contributed by atoms with Crippen LogP contribution >= 0.6 is 11.6 Å². The lowest BCUT2D eigenvalue weighted by Gasteiger charge is -2.16. The van der Waals surface area contributed by atoms with E-state index in [1.807, 2.05) is 0 Å². The predicted molar refractivity (Wildman–Crippen MR) is 78.8 cm³/mol. The minimum atomic E-state index is -3.69. The zero-order valence-corrected chi connectivity index (χ0v) is 13.2. The maximum atomic E-state index is 11.0. The number of hydrogen-bond donors (Lipinski definition) is 3. The highest BCUT2D eigenvalue weighted by Gasteiger charge is 2.44. The Morgan fingerprint density at radius 1 is 1.30 bits per heavy atom. The number of ether oxygens (including phenoxy) is 1. The molecule has 0 radical (unpaired) electrons. The molecule has 1 aliphatic rings. The normalized spacial score (nSPS) is 28.5. The van der Waals surface area contributed by atoms with E-state index in [0.29, 0.717) is 11.2 Å². The van der Waals surface area contributed by atoms with Gasteiger partial charge in [0.1, 0.15) is 24.1 Å². The van der Waals surface area contributed by atoms with Gasteiger partial charge in [0, 0.05) is 0 Å². The fourth-order valence-electron chi connectivity index (χ4n) is 2.49. The van der Waals surface area contributed by atoms with Crippen molar-refractivity contribution >= 4 is 32.8 Å². The van der Waals surface area contributed by atoms with Crippen molar-refractivity contribution < 1.29 is 23.4 Å². The molecule has 2 aromatic heterocycles. The Labute approximate surface area is 135 Å². The first-order valence-corrected chi connectivity index (χ1v) is 8.72. The summed E-state index contributed by atoms with van der Waals surface area (Å²) in [5.41, 5.74) is 0.654.